The van der Waals surface area contributed by atoms with Crippen molar-refractivity contribution in [3.8, 4) is 0 Å². The standard InChI is InChI=1S/C27H25N5O3S/c1-18-13-14-19(2)22(17-18)23-15-16-27(30(28-23)21-9-5-4-6-10-21)31(29-26(36-27)20(3)33)24-11-7-8-12-25(24)32(34)35/h4-14,17H,15-16H2,1-3H3/t27-/m0/s1. The van der Waals surface area contributed by atoms with Crippen LogP contribution in [0.15, 0.2) is 83.0 Å². The van der Waals surface area contributed by atoms with Gasteiger partial charge in [0.25, 0.3) is 5.69 Å². The summed E-state index contributed by atoms with van der Waals surface area (Å²) in [7, 11) is 0. The number of hydrogen-bond donors (Lipinski definition) is 0. The van der Waals surface area contributed by atoms with Gasteiger partial charge in [0.05, 0.1) is 16.3 Å². The largest absolute Gasteiger partial charge is 0.294 e. The van der Waals surface area contributed by atoms with E-state index in [4.69, 9.17) is 5.10 Å². The summed E-state index contributed by atoms with van der Waals surface area (Å²) in [6.45, 7) is 5.58. The fourth-order valence-corrected chi connectivity index (χ4v) is 5.80. The molecule has 2 heterocycles. The van der Waals surface area contributed by atoms with Crippen molar-refractivity contribution in [1.82, 2.24) is 0 Å². The van der Waals surface area contributed by atoms with Crippen LogP contribution >= 0.6 is 11.8 Å². The molecular formula is C27H25N5O3S. The number of hydrogen-bond acceptors (Lipinski definition) is 8. The van der Waals surface area contributed by atoms with E-state index in [1.165, 1.54) is 24.8 Å². The Hall–Kier alpha value is -3.98. The molecule has 1 atom stereocenters. The van der Waals surface area contributed by atoms with Gasteiger partial charge in [-0.15, -0.1) is 0 Å². The summed E-state index contributed by atoms with van der Waals surface area (Å²) in [5, 5.41) is 25.5. The van der Waals surface area contributed by atoms with Crippen molar-refractivity contribution in [2.45, 2.75) is 38.6 Å². The number of benzene rings is 3. The molecule has 1 spiro atoms. The van der Waals surface area contributed by atoms with Crippen LogP contribution in [0.3, 0.4) is 0 Å². The number of carbonyl (C=O) groups is 1. The smallest absolute Gasteiger partial charge is 0.292 e. The Morgan fingerprint density at radius 2 is 1.72 bits per heavy atom. The number of anilines is 2. The summed E-state index contributed by atoms with van der Waals surface area (Å²) in [6.07, 6.45) is 1.14. The van der Waals surface area contributed by atoms with Gasteiger partial charge in [0.1, 0.15) is 5.69 Å². The molecule has 2 aliphatic rings. The highest BCUT2D eigenvalue weighted by atomic mass is 32.2. The van der Waals surface area contributed by atoms with Gasteiger partial charge in [-0.25, -0.2) is 10.0 Å². The second-order valence-electron chi connectivity index (χ2n) is 8.88. The van der Waals surface area contributed by atoms with E-state index in [-0.39, 0.29) is 11.5 Å². The molecule has 0 unspecified atom stereocenters. The highest BCUT2D eigenvalue weighted by Crippen LogP contribution is 2.51. The van der Waals surface area contributed by atoms with Crippen molar-refractivity contribution in [3.05, 3.63) is 99.6 Å². The zero-order valence-electron chi connectivity index (χ0n) is 20.2. The predicted octanol–water partition coefficient (Wildman–Crippen LogP) is 6.03. The number of rotatable bonds is 5. The number of hydrazone groups is 2. The van der Waals surface area contributed by atoms with E-state index in [0.717, 1.165) is 28.1 Å². The summed E-state index contributed by atoms with van der Waals surface area (Å²) in [5.41, 5.74) is 5.29. The van der Waals surface area contributed by atoms with E-state index in [1.807, 2.05) is 35.3 Å². The molecule has 5 rings (SSSR count). The first kappa shape index (κ1) is 23.7. The molecule has 3 aromatic carbocycles. The lowest BCUT2D eigenvalue weighted by molar-refractivity contribution is -0.384. The van der Waals surface area contributed by atoms with Crippen LogP contribution in [0.2, 0.25) is 0 Å². The van der Waals surface area contributed by atoms with Crippen molar-refractivity contribution in [3.63, 3.8) is 0 Å². The number of thioether (sulfide) groups is 1. The fraction of sp³-hybridized carbons (Fsp3) is 0.222. The van der Waals surface area contributed by atoms with E-state index >= 15 is 0 Å². The third-order valence-electron chi connectivity index (χ3n) is 6.33. The van der Waals surface area contributed by atoms with Gasteiger partial charge in [-0.3, -0.25) is 14.9 Å². The van der Waals surface area contributed by atoms with E-state index in [0.29, 0.717) is 23.6 Å². The minimum absolute atomic E-state index is 0.0802. The van der Waals surface area contributed by atoms with Crippen molar-refractivity contribution in [1.29, 1.82) is 0 Å². The molecule has 0 N–H and O–H groups in total. The molecule has 0 saturated heterocycles. The van der Waals surface area contributed by atoms with E-state index in [2.05, 4.69) is 37.1 Å². The fourth-order valence-electron chi connectivity index (χ4n) is 4.56. The summed E-state index contributed by atoms with van der Waals surface area (Å²) in [4.78, 5) is 23.0. The Labute approximate surface area is 213 Å². The Bertz CT molecular complexity index is 1420. The second-order valence-corrected chi connectivity index (χ2v) is 10.1. The summed E-state index contributed by atoms with van der Waals surface area (Å²) >= 11 is 1.30. The zero-order valence-corrected chi connectivity index (χ0v) is 21.0. The molecule has 0 fully saturated rings. The quantitative estimate of drug-likeness (QED) is 0.315. The summed E-state index contributed by atoms with van der Waals surface area (Å²) in [6, 6.07) is 22.4. The van der Waals surface area contributed by atoms with E-state index in [9.17, 15) is 14.9 Å². The third-order valence-corrected chi connectivity index (χ3v) is 7.77. The summed E-state index contributed by atoms with van der Waals surface area (Å²) < 4.78 is 0. The molecule has 182 valence electrons. The van der Waals surface area contributed by atoms with Crippen LogP contribution in [0, 0.1) is 24.0 Å². The van der Waals surface area contributed by atoms with Gasteiger partial charge in [0.15, 0.2) is 10.8 Å². The van der Waals surface area contributed by atoms with E-state index < -0.39 is 9.92 Å². The van der Waals surface area contributed by atoms with Gasteiger partial charge < -0.3 is 0 Å². The number of nitro groups is 1. The van der Waals surface area contributed by atoms with Crippen LogP contribution in [-0.2, 0) is 4.79 Å². The Balaban J connectivity index is 1.72. The van der Waals surface area contributed by atoms with Gasteiger partial charge in [-0.05, 0) is 61.9 Å². The average Bonchev–Trinajstić information content (AvgIpc) is 3.26. The van der Waals surface area contributed by atoms with Crippen LogP contribution in [0.5, 0.6) is 0 Å². The first-order valence-electron chi connectivity index (χ1n) is 11.6. The van der Waals surface area contributed by atoms with Gasteiger partial charge in [0, 0.05) is 25.0 Å². The number of aryl methyl sites for hydroxylation is 2. The van der Waals surface area contributed by atoms with Crippen LogP contribution in [0.25, 0.3) is 0 Å². The molecule has 0 aliphatic carbocycles. The van der Waals surface area contributed by atoms with Crippen molar-refractivity contribution < 1.29 is 9.72 Å². The Morgan fingerprint density at radius 1 is 1.00 bits per heavy atom. The average molecular weight is 500 g/mol. The van der Waals surface area contributed by atoms with Crippen molar-refractivity contribution in [2.75, 3.05) is 10.0 Å². The maximum atomic E-state index is 12.5. The molecule has 0 amide bonds. The number of Topliss-reactive ketones (excluding diaryl/α,β-unsaturated/α-hetero) is 1. The Kier molecular flexibility index (Phi) is 6.09. The first-order chi connectivity index (χ1) is 17.3. The Morgan fingerprint density at radius 3 is 2.44 bits per heavy atom. The molecule has 0 saturated carbocycles. The highest BCUT2D eigenvalue weighted by Gasteiger charge is 2.54. The number of para-hydroxylation sites is 3. The molecule has 0 radical (unpaired) electrons. The number of carbonyl (C=O) groups excluding carboxylic acids is 1. The SMILES string of the molecule is CC(=O)C1=NN(c2ccccc2[N+](=O)[O-])[C@@]2(CCC(c3cc(C)ccc3C)=NN2c2ccccc2)S1. The van der Waals surface area contributed by atoms with Crippen LogP contribution in [-0.4, -0.2) is 26.5 Å². The van der Waals surface area contributed by atoms with Gasteiger partial charge in [0.2, 0.25) is 4.99 Å². The lowest BCUT2D eigenvalue weighted by Gasteiger charge is -2.46. The summed E-state index contributed by atoms with van der Waals surface area (Å²) in [5.74, 6) is -0.197. The predicted molar refractivity (Wildman–Crippen MR) is 145 cm³/mol. The van der Waals surface area contributed by atoms with Crippen molar-refractivity contribution in [2.24, 2.45) is 10.2 Å². The zero-order chi connectivity index (χ0) is 25.4. The van der Waals surface area contributed by atoms with E-state index in [1.54, 1.807) is 23.2 Å². The normalized spacial score (nSPS) is 19.3. The minimum Gasteiger partial charge on any atom is -0.292 e. The molecule has 0 bridgehead atoms. The highest BCUT2D eigenvalue weighted by molar-refractivity contribution is 8.17. The van der Waals surface area contributed by atoms with Crippen molar-refractivity contribution >= 4 is 45.4 Å². The molecule has 8 nitrogen and oxygen atoms in total. The molecule has 36 heavy (non-hydrogen) atoms. The minimum atomic E-state index is -0.990. The van der Waals surface area contributed by atoms with Gasteiger partial charge in [-0.1, -0.05) is 48.0 Å². The third kappa shape index (κ3) is 4.05. The van der Waals surface area contributed by atoms with Crippen LogP contribution in [0.1, 0.15) is 36.5 Å². The molecule has 0 aromatic heterocycles. The number of ketones is 1. The van der Waals surface area contributed by atoms with Gasteiger partial charge >= 0.3 is 0 Å². The first-order valence-corrected chi connectivity index (χ1v) is 12.4. The maximum absolute atomic E-state index is 12.5. The topological polar surface area (TPSA) is 91.4 Å². The number of nitro benzene ring substituents is 1. The molecular weight excluding hydrogens is 474 g/mol. The lowest BCUT2D eigenvalue weighted by Crippen LogP contribution is -2.56. The maximum Gasteiger partial charge on any atom is 0.294 e. The number of nitrogens with zero attached hydrogens (tertiary/aromatic N) is 5. The molecule has 3 aromatic rings. The van der Waals surface area contributed by atoms with Crippen LogP contribution < -0.4 is 10.0 Å². The molecule has 2 aliphatic heterocycles. The monoisotopic (exact) mass is 499 g/mol. The van der Waals surface area contributed by atoms with Gasteiger partial charge in [-0.2, -0.15) is 10.2 Å². The lowest BCUT2D eigenvalue weighted by atomic mass is 9.96. The second kappa shape index (κ2) is 9.23. The molecule has 9 heteroatoms. The van der Waals surface area contributed by atoms with Crippen LogP contribution in [0.4, 0.5) is 17.1 Å².